The number of carbonyl (C=O) groups is 1. The monoisotopic (exact) mass is 273 g/mol. The number of carbonyl (C=O) groups excluding carboxylic acids is 1. The first-order valence-corrected chi connectivity index (χ1v) is 6.00. The first-order chi connectivity index (χ1) is 9.63. The van der Waals surface area contributed by atoms with Crippen molar-refractivity contribution >= 4 is 11.9 Å². The SMILES string of the molecule is COc1ccc(-c2nc(/C=C/C(C)=O)co2)cc1OC. The maximum Gasteiger partial charge on any atom is 0.226 e. The van der Waals surface area contributed by atoms with E-state index in [9.17, 15) is 4.79 Å². The van der Waals surface area contributed by atoms with Gasteiger partial charge in [0.05, 0.1) is 14.2 Å². The molecule has 0 fully saturated rings. The first kappa shape index (κ1) is 13.9. The number of benzene rings is 1. The number of nitrogens with zero attached hydrogens (tertiary/aromatic N) is 1. The molecule has 0 amide bonds. The number of methoxy groups -OCH3 is 2. The molecular weight excluding hydrogens is 258 g/mol. The molecule has 0 unspecified atom stereocenters. The number of hydrogen-bond donors (Lipinski definition) is 0. The third kappa shape index (κ3) is 3.06. The normalized spacial score (nSPS) is 10.8. The average Bonchev–Trinajstić information content (AvgIpc) is 2.93. The zero-order chi connectivity index (χ0) is 14.5. The Morgan fingerprint density at radius 2 is 2.00 bits per heavy atom. The summed E-state index contributed by atoms with van der Waals surface area (Å²) >= 11 is 0. The van der Waals surface area contributed by atoms with E-state index in [1.54, 1.807) is 32.4 Å². The maximum absolute atomic E-state index is 10.9. The number of rotatable bonds is 5. The lowest BCUT2D eigenvalue weighted by molar-refractivity contribution is -0.112. The van der Waals surface area contributed by atoms with Crippen molar-refractivity contribution in [2.45, 2.75) is 6.92 Å². The molecule has 0 saturated heterocycles. The van der Waals surface area contributed by atoms with E-state index >= 15 is 0 Å². The Morgan fingerprint density at radius 3 is 2.65 bits per heavy atom. The topological polar surface area (TPSA) is 61.6 Å². The highest BCUT2D eigenvalue weighted by atomic mass is 16.5. The molecular formula is C15H15NO4. The highest BCUT2D eigenvalue weighted by Gasteiger charge is 2.10. The molecule has 0 atom stereocenters. The van der Waals surface area contributed by atoms with E-state index < -0.39 is 0 Å². The fourth-order valence-electron chi connectivity index (χ4n) is 1.67. The summed E-state index contributed by atoms with van der Waals surface area (Å²) in [6.07, 6.45) is 4.54. The van der Waals surface area contributed by atoms with Gasteiger partial charge in [0.15, 0.2) is 17.3 Å². The number of aromatic nitrogens is 1. The van der Waals surface area contributed by atoms with Crippen molar-refractivity contribution in [3.8, 4) is 23.0 Å². The minimum absolute atomic E-state index is 0.0410. The van der Waals surface area contributed by atoms with Gasteiger partial charge in [-0.25, -0.2) is 4.98 Å². The van der Waals surface area contributed by atoms with E-state index in [0.717, 1.165) is 5.56 Å². The van der Waals surface area contributed by atoms with Crippen molar-refractivity contribution in [2.75, 3.05) is 14.2 Å². The lowest BCUT2D eigenvalue weighted by Gasteiger charge is -2.07. The molecule has 0 spiro atoms. The highest BCUT2D eigenvalue weighted by molar-refractivity contribution is 5.91. The average molecular weight is 273 g/mol. The molecule has 0 bridgehead atoms. The molecule has 0 aliphatic heterocycles. The van der Waals surface area contributed by atoms with E-state index in [4.69, 9.17) is 13.9 Å². The van der Waals surface area contributed by atoms with E-state index in [2.05, 4.69) is 4.98 Å². The van der Waals surface area contributed by atoms with Gasteiger partial charge in [-0.05, 0) is 37.3 Å². The lowest BCUT2D eigenvalue weighted by atomic mass is 10.2. The maximum atomic E-state index is 10.9. The molecule has 20 heavy (non-hydrogen) atoms. The summed E-state index contributed by atoms with van der Waals surface area (Å²) < 4.78 is 15.8. The number of hydrogen-bond acceptors (Lipinski definition) is 5. The molecule has 5 nitrogen and oxygen atoms in total. The second-order valence-corrected chi connectivity index (χ2v) is 4.09. The van der Waals surface area contributed by atoms with Crippen LogP contribution in [0, 0.1) is 0 Å². The molecule has 0 saturated carbocycles. The standard InChI is InChI=1S/C15H15NO4/c1-10(17)4-6-12-9-20-15(16-12)11-5-7-13(18-2)14(8-11)19-3/h4-9H,1-3H3/b6-4+. The molecule has 2 rings (SSSR count). The summed E-state index contributed by atoms with van der Waals surface area (Å²) in [6.45, 7) is 1.48. The summed E-state index contributed by atoms with van der Waals surface area (Å²) in [5.41, 5.74) is 1.36. The van der Waals surface area contributed by atoms with Gasteiger partial charge in [0.1, 0.15) is 12.0 Å². The minimum Gasteiger partial charge on any atom is -0.493 e. The number of ether oxygens (including phenoxy) is 2. The van der Waals surface area contributed by atoms with Crippen molar-refractivity contribution in [3.05, 3.63) is 36.2 Å². The van der Waals surface area contributed by atoms with E-state index in [-0.39, 0.29) is 5.78 Å². The predicted octanol–water partition coefficient (Wildman–Crippen LogP) is 2.96. The van der Waals surface area contributed by atoms with Crippen LogP contribution in [0.4, 0.5) is 0 Å². The summed E-state index contributed by atoms with van der Waals surface area (Å²) in [4.78, 5) is 15.2. The molecule has 0 aliphatic rings. The molecule has 5 heteroatoms. The van der Waals surface area contributed by atoms with Crippen LogP contribution in [0.2, 0.25) is 0 Å². The summed E-state index contributed by atoms with van der Waals surface area (Å²) in [6, 6.07) is 5.39. The Morgan fingerprint density at radius 1 is 1.25 bits per heavy atom. The molecule has 2 aromatic rings. The quantitative estimate of drug-likeness (QED) is 0.784. The molecule has 1 aromatic carbocycles. The molecule has 0 N–H and O–H groups in total. The number of oxazole rings is 1. The number of ketones is 1. The van der Waals surface area contributed by atoms with Crippen LogP contribution in [-0.4, -0.2) is 25.0 Å². The Kier molecular flexibility index (Phi) is 4.20. The molecule has 1 heterocycles. The first-order valence-electron chi connectivity index (χ1n) is 6.00. The Hall–Kier alpha value is -2.56. The van der Waals surface area contributed by atoms with E-state index in [0.29, 0.717) is 23.1 Å². The fourth-order valence-corrected chi connectivity index (χ4v) is 1.67. The van der Waals surface area contributed by atoms with Gasteiger partial charge >= 0.3 is 0 Å². The van der Waals surface area contributed by atoms with Gasteiger partial charge in [-0.1, -0.05) is 0 Å². The molecule has 104 valence electrons. The van der Waals surface area contributed by atoms with Crippen LogP contribution < -0.4 is 9.47 Å². The van der Waals surface area contributed by atoms with Gasteiger partial charge < -0.3 is 13.9 Å². The zero-order valence-corrected chi connectivity index (χ0v) is 11.5. The third-order valence-electron chi connectivity index (χ3n) is 2.64. The van der Waals surface area contributed by atoms with Gasteiger partial charge in [0, 0.05) is 5.56 Å². The van der Waals surface area contributed by atoms with Crippen molar-refractivity contribution in [3.63, 3.8) is 0 Å². The number of allylic oxidation sites excluding steroid dienone is 1. The van der Waals surface area contributed by atoms with Gasteiger partial charge in [0.25, 0.3) is 0 Å². The van der Waals surface area contributed by atoms with Crippen LogP contribution in [0.15, 0.2) is 35.0 Å². The molecule has 0 aliphatic carbocycles. The third-order valence-corrected chi connectivity index (χ3v) is 2.64. The van der Waals surface area contributed by atoms with E-state index in [1.165, 1.54) is 19.3 Å². The van der Waals surface area contributed by atoms with Gasteiger partial charge in [-0.3, -0.25) is 4.79 Å². The Labute approximate surface area is 116 Å². The van der Waals surface area contributed by atoms with Crippen molar-refractivity contribution in [1.82, 2.24) is 4.98 Å². The largest absolute Gasteiger partial charge is 0.493 e. The van der Waals surface area contributed by atoms with Gasteiger partial charge in [-0.15, -0.1) is 0 Å². The van der Waals surface area contributed by atoms with Crippen molar-refractivity contribution in [2.24, 2.45) is 0 Å². The Balaban J connectivity index is 2.30. The Bertz CT molecular complexity index is 643. The van der Waals surface area contributed by atoms with Gasteiger partial charge in [-0.2, -0.15) is 0 Å². The lowest BCUT2D eigenvalue weighted by Crippen LogP contribution is -1.90. The summed E-state index contributed by atoms with van der Waals surface area (Å²) in [7, 11) is 3.14. The van der Waals surface area contributed by atoms with Crippen LogP contribution in [0.5, 0.6) is 11.5 Å². The molecule has 0 radical (unpaired) electrons. The summed E-state index contributed by atoms with van der Waals surface area (Å²) in [5.74, 6) is 1.65. The van der Waals surface area contributed by atoms with Crippen LogP contribution in [0.25, 0.3) is 17.5 Å². The van der Waals surface area contributed by atoms with Crippen LogP contribution >= 0.6 is 0 Å². The zero-order valence-electron chi connectivity index (χ0n) is 11.5. The summed E-state index contributed by atoms with van der Waals surface area (Å²) in [5, 5.41) is 0. The van der Waals surface area contributed by atoms with Crippen molar-refractivity contribution in [1.29, 1.82) is 0 Å². The molecule has 1 aromatic heterocycles. The van der Waals surface area contributed by atoms with Crippen molar-refractivity contribution < 1.29 is 18.7 Å². The van der Waals surface area contributed by atoms with Gasteiger partial charge in [0.2, 0.25) is 5.89 Å². The smallest absolute Gasteiger partial charge is 0.226 e. The van der Waals surface area contributed by atoms with Crippen LogP contribution in [-0.2, 0) is 4.79 Å². The minimum atomic E-state index is -0.0410. The predicted molar refractivity (Wildman–Crippen MR) is 74.8 cm³/mol. The highest BCUT2D eigenvalue weighted by Crippen LogP contribution is 2.31. The second-order valence-electron chi connectivity index (χ2n) is 4.09. The van der Waals surface area contributed by atoms with E-state index in [1.807, 2.05) is 6.07 Å². The van der Waals surface area contributed by atoms with Crippen LogP contribution in [0.3, 0.4) is 0 Å². The fraction of sp³-hybridized carbons (Fsp3) is 0.200. The second kappa shape index (κ2) is 6.06. The van der Waals surface area contributed by atoms with Crippen LogP contribution in [0.1, 0.15) is 12.6 Å².